The van der Waals surface area contributed by atoms with Crippen molar-refractivity contribution in [2.45, 2.75) is 20.0 Å². The first-order valence-corrected chi connectivity index (χ1v) is 11.8. The van der Waals surface area contributed by atoms with E-state index < -0.39 is 0 Å². The molecule has 1 aliphatic rings. The van der Waals surface area contributed by atoms with E-state index in [2.05, 4.69) is 43.9 Å². The van der Waals surface area contributed by atoms with Crippen molar-refractivity contribution in [3.63, 3.8) is 0 Å². The van der Waals surface area contributed by atoms with Crippen LogP contribution in [-0.4, -0.2) is 56.7 Å². The molecule has 0 unspecified atom stereocenters. The first-order chi connectivity index (χ1) is 14.7. The average Bonchev–Trinajstić information content (AvgIpc) is 3.52. The number of carbonyl (C=O) groups excluding carboxylic acids is 1. The number of nitrogens with zero attached hydrogens (tertiary/aromatic N) is 5. The Bertz CT molecular complexity index is 1140. The topological polar surface area (TPSA) is 54.3 Å². The molecular formula is C22H23N5OS2. The van der Waals surface area contributed by atoms with Gasteiger partial charge in [-0.25, -0.2) is 9.67 Å². The summed E-state index contributed by atoms with van der Waals surface area (Å²) in [6.07, 6.45) is 1.81. The summed E-state index contributed by atoms with van der Waals surface area (Å²) in [7, 11) is 0. The second kappa shape index (κ2) is 8.29. The molecule has 4 aromatic heterocycles. The zero-order valence-corrected chi connectivity index (χ0v) is 18.5. The van der Waals surface area contributed by atoms with E-state index in [0.29, 0.717) is 0 Å². The minimum atomic E-state index is 0.110. The van der Waals surface area contributed by atoms with Crippen LogP contribution in [0.15, 0.2) is 47.3 Å². The van der Waals surface area contributed by atoms with Crippen LogP contribution in [0.3, 0.4) is 0 Å². The highest BCUT2D eigenvalue weighted by Gasteiger charge is 2.23. The van der Waals surface area contributed by atoms with Gasteiger partial charge in [0.05, 0.1) is 11.1 Å². The van der Waals surface area contributed by atoms with Gasteiger partial charge in [0.2, 0.25) is 5.91 Å². The largest absolute Gasteiger partial charge is 0.339 e. The number of hydrogen-bond acceptors (Lipinski definition) is 6. The minimum Gasteiger partial charge on any atom is -0.339 e. The lowest BCUT2D eigenvalue weighted by molar-refractivity contribution is -0.133. The fraction of sp³-hybridized carbons (Fsp3) is 0.318. The number of rotatable bonds is 5. The van der Waals surface area contributed by atoms with Gasteiger partial charge in [0.25, 0.3) is 0 Å². The molecule has 0 aliphatic carbocycles. The van der Waals surface area contributed by atoms with E-state index in [-0.39, 0.29) is 12.5 Å². The third-order valence-corrected chi connectivity index (χ3v) is 7.33. The zero-order valence-electron chi connectivity index (χ0n) is 16.8. The molecule has 1 aliphatic heterocycles. The van der Waals surface area contributed by atoms with Crippen molar-refractivity contribution >= 4 is 39.6 Å². The fourth-order valence-corrected chi connectivity index (χ4v) is 5.54. The SMILES string of the molecule is Cc1nn(CC(=O)N2CCN(Cc3cccs3)CC2)c2nccc(-c3cccs3)c12. The van der Waals surface area contributed by atoms with Crippen LogP contribution in [0, 0.1) is 6.92 Å². The van der Waals surface area contributed by atoms with E-state index in [0.717, 1.165) is 55.0 Å². The number of amides is 1. The van der Waals surface area contributed by atoms with Crippen molar-refractivity contribution in [2.75, 3.05) is 26.2 Å². The Kier molecular flexibility index (Phi) is 5.37. The van der Waals surface area contributed by atoms with Crippen LogP contribution in [0.4, 0.5) is 0 Å². The summed E-state index contributed by atoms with van der Waals surface area (Å²) in [5, 5.41) is 9.88. The highest BCUT2D eigenvalue weighted by Crippen LogP contribution is 2.32. The first-order valence-electron chi connectivity index (χ1n) is 10.1. The smallest absolute Gasteiger partial charge is 0.244 e. The summed E-state index contributed by atoms with van der Waals surface area (Å²) in [5.41, 5.74) is 2.83. The molecule has 1 saturated heterocycles. The number of aryl methyl sites for hydroxylation is 1. The van der Waals surface area contributed by atoms with E-state index >= 15 is 0 Å². The minimum absolute atomic E-state index is 0.110. The van der Waals surface area contributed by atoms with E-state index in [9.17, 15) is 4.79 Å². The standard InChI is InChI=1S/C22H23N5OS2/c1-16-21-18(19-5-3-13-30-19)6-7-23-22(21)27(24-16)15-20(28)26-10-8-25(9-11-26)14-17-4-2-12-29-17/h2-7,12-13H,8-11,14-15H2,1H3. The summed E-state index contributed by atoms with van der Waals surface area (Å²) in [6, 6.07) is 10.4. The summed E-state index contributed by atoms with van der Waals surface area (Å²) >= 11 is 3.49. The molecule has 154 valence electrons. The molecule has 5 heterocycles. The Morgan fingerprint density at radius 3 is 2.60 bits per heavy atom. The monoisotopic (exact) mass is 437 g/mol. The van der Waals surface area contributed by atoms with Crippen LogP contribution < -0.4 is 0 Å². The number of piperazine rings is 1. The maximum Gasteiger partial charge on any atom is 0.244 e. The predicted octanol–water partition coefficient (Wildman–Crippen LogP) is 3.87. The fourth-order valence-electron chi connectivity index (χ4n) is 4.04. The van der Waals surface area contributed by atoms with Gasteiger partial charge >= 0.3 is 0 Å². The van der Waals surface area contributed by atoms with E-state index in [1.165, 1.54) is 9.75 Å². The van der Waals surface area contributed by atoms with Crippen molar-refractivity contribution in [3.05, 3.63) is 57.9 Å². The second-order valence-corrected chi connectivity index (χ2v) is 9.49. The van der Waals surface area contributed by atoms with Crippen molar-refractivity contribution < 1.29 is 4.79 Å². The third kappa shape index (κ3) is 3.78. The number of hydrogen-bond donors (Lipinski definition) is 0. The van der Waals surface area contributed by atoms with Crippen LogP contribution in [0.2, 0.25) is 0 Å². The number of thiophene rings is 2. The molecule has 0 aromatic carbocycles. The Balaban J connectivity index is 1.29. The van der Waals surface area contributed by atoms with Crippen LogP contribution in [0.5, 0.6) is 0 Å². The molecule has 4 aromatic rings. The second-order valence-electron chi connectivity index (χ2n) is 7.51. The van der Waals surface area contributed by atoms with Crippen LogP contribution in [0.1, 0.15) is 10.6 Å². The van der Waals surface area contributed by atoms with Gasteiger partial charge in [0.1, 0.15) is 6.54 Å². The average molecular weight is 438 g/mol. The molecule has 0 N–H and O–H groups in total. The Morgan fingerprint density at radius 1 is 1.07 bits per heavy atom. The van der Waals surface area contributed by atoms with Crippen LogP contribution >= 0.6 is 22.7 Å². The lowest BCUT2D eigenvalue weighted by Crippen LogP contribution is -2.49. The quantitative estimate of drug-likeness (QED) is 0.476. The molecule has 1 fully saturated rings. The molecule has 0 atom stereocenters. The zero-order chi connectivity index (χ0) is 20.5. The van der Waals surface area contributed by atoms with Crippen LogP contribution in [0.25, 0.3) is 21.5 Å². The maximum absolute atomic E-state index is 13.0. The van der Waals surface area contributed by atoms with Crippen molar-refractivity contribution in [2.24, 2.45) is 0 Å². The molecule has 8 heteroatoms. The van der Waals surface area contributed by atoms with Crippen molar-refractivity contribution in [1.29, 1.82) is 0 Å². The van der Waals surface area contributed by atoms with E-state index in [4.69, 9.17) is 0 Å². The normalized spacial score (nSPS) is 15.2. The summed E-state index contributed by atoms with van der Waals surface area (Å²) in [4.78, 5) is 24.5. The summed E-state index contributed by atoms with van der Waals surface area (Å²) < 4.78 is 1.77. The van der Waals surface area contributed by atoms with Gasteiger partial charge in [0.15, 0.2) is 5.65 Å². The van der Waals surface area contributed by atoms with Gasteiger partial charge in [-0.15, -0.1) is 22.7 Å². The van der Waals surface area contributed by atoms with Crippen molar-refractivity contribution in [3.8, 4) is 10.4 Å². The number of aromatic nitrogens is 3. The van der Waals surface area contributed by atoms with E-state index in [1.54, 1.807) is 27.4 Å². The first kappa shape index (κ1) is 19.4. The number of pyridine rings is 1. The Morgan fingerprint density at radius 2 is 1.87 bits per heavy atom. The Hall–Kier alpha value is -2.55. The third-order valence-electron chi connectivity index (χ3n) is 5.56. The van der Waals surface area contributed by atoms with Crippen molar-refractivity contribution in [1.82, 2.24) is 24.6 Å². The van der Waals surface area contributed by atoms with Gasteiger partial charge in [-0.3, -0.25) is 9.69 Å². The van der Waals surface area contributed by atoms with Gasteiger partial charge in [-0.05, 0) is 35.9 Å². The number of fused-ring (bicyclic) bond motifs is 1. The highest BCUT2D eigenvalue weighted by molar-refractivity contribution is 7.13. The number of carbonyl (C=O) groups is 1. The lowest BCUT2D eigenvalue weighted by atomic mass is 10.1. The molecule has 0 saturated carbocycles. The molecule has 1 amide bonds. The summed E-state index contributed by atoms with van der Waals surface area (Å²) in [5.74, 6) is 0.110. The summed E-state index contributed by atoms with van der Waals surface area (Å²) in [6.45, 7) is 6.53. The Labute approximate surface area is 183 Å². The molecule has 30 heavy (non-hydrogen) atoms. The van der Waals surface area contributed by atoms with Crippen LogP contribution in [-0.2, 0) is 17.9 Å². The van der Waals surface area contributed by atoms with Gasteiger partial charge in [-0.1, -0.05) is 12.1 Å². The highest BCUT2D eigenvalue weighted by atomic mass is 32.1. The molecule has 0 bridgehead atoms. The predicted molar refractivity (Wildman–Crippen MR) is 122 cm³/mol. The molecule has 0 spiro atoms. The van der Waals surface area contributed by atoms with Gasteiger partial charge in [-0.2, -0.15) is 5.10 Å². The van der Waals surface area contributed by atoms with Gasteiger partial charge < -0.3 is 4.90 Å². The van der Waals surface area contributed by atoms with Gasteiger partial charge in [0, 0.05) is 54.2 Å². The van der Waals surface area contributed by atoms with E-state index in [1.807, 2.05) is 30.2 Å². The molecule has 6 nitrogen and oxygen atoms in total. The molecule has 5 rings (SSSR count). The molecule has 0 radical (unpaired) electrons. The maximum atomic E-state index is 13.0. The molecular weight excluding hydrogens is 414 g/mol. The lowest BCUT2D eigenvalue weighted by Gasteiger charge is -2.34.